The van der Waals surface area contributed by atoms with E-state index in [2.05, 4.69) is 0 Å². The van der Waals surface area contributed by atoms with E-state index in [1.165, 1.54) is 0 Å². The average molecular weight is 296 g/mol. The topological polar surface area (TPSA) is 71.4 Å². The van der Waals surface area contributed by atoms with Crippen LogP contribution < -0.4 is 0 Å². The predicted octanol–water partition coefficient (Wildman–Crippen LogP) is 2.47. The number of aryl methyl sites for hydroxylation is 2. The van der Waals surface area contributed by atoms with E-state index in [0.29, 0.717) is 12.8 Å². The summed E-state index contributed by atoms with van der Waals surface area (Å²) in [7, 11) is -3.27. The molecule has 1 saturated carbocycles. The molecule has 1 aromatic rings. The van der Waals surface area contributed by atoms with Crippen LogP contribution in [-0.2, 0) is 20.4 Å². The minimum Gasteiger partial charge on any atom is -0.481 e. The Balaban J connectivity index is 2.10. The Hall–Kier alpha value is -1.36. The van der Waals surface area contributed by atoms with Gasteiger partial charge in [-0.2, -0.15) is 0 Å². The van der Waals surface area contributed by atoms with Gasteiger partial charge in [0.2, 0.25) is 0 Å². The molecule has 1 N–H and O–H groups in total. The van der Waals surface area contributed by atoms with E-state index < -0.39 is 21.2 Å². The second-order valence-electron chi connectivity index (χ2n) is 6.10. The molecule has 1 fully saturated rings. The Labute approximate surface area is 119 Å². The minimum atomic E-state index is -3.27. The Kier molecular flexibility index (Phi) is 3.91. The number of rotatable bonds is 6. The number of carbonyl (C=O) groups is 1. The molecule has 4 nitrogen and oxygen atoms in total. The van der Waals surface area contributed by atoms with Crippen LogP contribution >= 0.6 is 0 Å². The predicted molar refractivity (Wildman–Crippen MR) is 77.3 cm³/mol. The van der Waals surface area contributed by atoms with Gasteiger partial charge in [0, 0.05) is 0 Å². The zero-order valence-electron chi connectivity index (χ0n) is 11.8. The van der Waals surface area contributed by atoms with Crippen molar-refractivity contribution in [2.24, 2.45) is 5.41 Å². The Morgan fingerprint density at radius 1 is 1.20 bits per heavy atom. The molecule has 0 amide bonds. The van der Waals surface area contributed by atoms with Crippen LogP contribution in [0.25, 0.3) is 0 Å². The first-order valence-corrected chi connectivity index (χ1v) is 8.51. The molecule has 1 aromatic carbocycles. The number of benzene rings is 1. The van der Waals surface area contributed by atoms with E-state index >= 15 is 0 Å². The molecule has 0 aliphatic heterocycles. The molecule has 0 radical (unpaired) electrons. The maximum Gasteiger partial charge on any atom is 0.303 e. The zero-order valence-corrected chi connectivity index (χ0v) is 12.7. The van der Waals surface area contributed by atoms with Gasteiger partial charge in [-0.15, -0.1) is 0 Å². The van der Waals surface area contributed by atoms with Gasteiger partial charge in [-0.05, 0) is 37.7 Å². The van der Waals surface area contributed by atoms with Crippen LogP contribution in [0, 0.1) is 19.3 Å². The van der Waals surface area contributed by atoms with Crippen molar-refractivity contribution >= 4 is 15.8 Å². The summed E-state index contributed by atoms with van der Waals surface area (Å²) < 4.78 is 24.5. The van der Waals surface area contributed by atoms with Crippen LogP contribution in [0.1, 0.15) is 36.0 Å². The molecule has 110 valence electrons. The highest BCUT2D eigenvalue weighted by Gasteiger charge is 2.47. The fourth-order valence-corrected chi connectivity index (χ4v) is 4.89. The Morgan fingerprint density at radius 2 is 1.75 bits per heavy atom. The molecule has 1 aliphatic carbocycles. The number of carboxylic acid groups (broad SMARTS) is 1. The molecule has 0 unspecified atom stereocenters. The van der Waals surface area contributed by atoms with E-state index in [1.807, 2.05) is 32.0 Å². The normalized spacial score (nSPS) is 16.9. The van der Waals surface area contributed by atoms with E-state index in [-0.39, 0.29) is 17.9 Å². The summed E-state index contributed by atoms with van der Waals surface area (Å²) in [4.78, 5) is 10.8. The third-order valence-electron chi connectivity index (χ3n) is 3.68. The van der Waals surface area contributed by atoms with E-state index in [4.69, 9.17) is 5.11 Å². The lowest BCUT2D eigenvalue weighted by Crippen LogP contribution is -2.21. The van der Waals surface area contributed by atoms with Gasteiger partial charge in [0.25, 0.3) is 0 Å². The van der Waals surface area contributed by atoms with Crippen LogP contribution in [0.15, 0.2) is 18.2 Å². The van der Waals surface area contributed by atoms with Gasteiger partial charge in [-0.1, -0.05) is 29.3 Å². The van der Waals surface area contributed by atoms with Gasteiger partial charge < -0.3 is 5.11 Å². The lowest BCUT2D eigenvalue weighted by Gasteiger charge is -2.13. The third kappa shape index (κ3) is 4.07. The van der Waals surface area contributed by atoms with Crippen molar-refractivity contribution < 1.29 is 18.3 Å². The first-order chi connectivity index (χ1) is 9.20. The zero-order chi connectivity index (χ0) is 15.0. The van der Waals surface area contributed by atoms with Crippen LogP contribution in [0.2, 0.25) is 0 Å². The van der Waals surface area contributed by atoms with E-state index in [0.717, 1.165) is 16.7 Å². The first kappa shape index (κ1) is 15.0. The highest BCUT2D eigenvalue weighted by molar-refractivity contribution is 7.90. The molecule has 20 heavy (non-hydrogen) atoms. The van der Waals surface area contributed by atoms with Crippen molar-refractivity contribution in [2.45, 2.75) is 38.9 Å². The minimum absolute atomic E-state index is 0.00309. The van der Waals surface area contributed by atoms with Crippen LogP contribution in [0.3, 0.4) is 0 Å². The summed E-state index contributed by atoms with van der Waals surface area (Å²) in [5, 5.41) is 8.85. The molecule has 5 heteroatoms. The van der Waals surface area contributed by atoms with Crippen molar-refractivity contribution in [3.63, 3.8) is 0 Å². The Bertz CT molecular complexity index is 607. The van der Waals surface area contributed by atoms with Gasteiger partial charge in [-0.3, -0.25) is 4.79 Å². The van der Waals surface area contributed by atoms with Crippen LogP contribution in [0.5, 0.6) is 0 Å². The van der Waals surface area contributed by atoms with Crippen LogP contribution in [-0.4, -0.2) is 25.2 Å². The summed E-state index contributed by atoms with van der Waals surface area (Å²) in [5.74, 6) is -0.931. The molecule has 0 spiro atoms. The third-order valence-corrected chi connectivity index (χ3v) is 5.50. The lowest BCUT2D eigenvalue weighted by molar-refractivity contribution is -0.138. The summed E-state index contributed by atoms with van der Waals surface area (Å²) in [6.45, 7) is 3.88. The number of hydrogen-bond donors (Lipinski definition) is 1. The van der Waals surface area contributed by atoms with Gasteiger partial charge in [0.05, 0.1) is 17.9 Å². The molecule has 1 aliphatic rings. The van der Waals surface area contributed by atoms with E-state index in [1.54, 1.807) is 0 Å². The molecule has 0 heterocycles. The van der Waals surface area contributed by atoms with Crippen molar-refractivity contribution in [3.8, 4) is 0 Å². The van der Waals surface area contributed by atoms with Crippen molar-refractivity contribution in [3.05, 3.63) is 34.9 Å². The quantitative estimate of drug-likeness (QED) is 0.875. The SMILES string of the molecule is Cc1cc(C)cc(CS(=O)(=O)CC2(CC(=O)O)CC2)c1. The second-order valence-corrected chi connectivity index (χ2v) is 8.16. The van der Waals surface area contributed by atoms with Gasteiger partial charge in [0.1, 0.15) is 0 Å². The second kappa shape index (κ2) is 5.20. The molecular weight excluding hydrogens is 276 g/mol. The maximum absolute atomic E-state index is 12.3. The molecule has 0 saturated heterocycles. The molecule has 0 bridgehead atoms. The largest absolute Gasteiger partial charge is 0.481 e. The highest BCUT2D eigenvalue weighted by Crippen LogP contribution is 2.50. The summed E-state index contributed by atoms with van der Waals surface area (Å²) in [5.41, 5.74) is 2.36. The molecule has 0 aromatic heterocycles. The summed E-state index contributed by atoms with van der Waals surface area (Å²) in [6, 6.07) is 5.76. The Morgan fingerprint density at radius 3 is 2.20 bits per heavy atom. The number of aliphatic carboxylic acids is 1. The molecule has 2 rings (SSSR count). The highest BCUT2D eigenvalue weighted by atomic mass is 32.2. The summed E-state index contributed by atoms with van der Waals surface area (Å²) >= 11 is 0. The van der Waals surface area contributed by atoms with Gasteiger partial charge in [0.15, 0.2) is 9.84 Å². The maximum atomic E-state index is 12.3. The van der Waals surface area contributed by atoms with Crippen molar-refractivity contribution in [2.75, 3.05) is 5.75 Å². The smallest absolute Gasteiger partial charge is 0.303 e. The molecular formula is C15H20O4S. The van der Waals surface area contributed by atoms with Crippen LogP contribution in [0.4, 0.5) is 0 Å². The molecule has 0 atom stereocenters. The van der Waals surface area contributed by atoms with Crippen molar-refractivity contribution in [1.29, 1.82) is 0 Å². The standard InChI is InChI=1S/C15H20O4S/c1-11-5-12(2)7-13(6-11)9-20(18,19)10-15(3-4-15)8-14(16)17/h5-7H,3-4,8-10H2,1-2H3,(H,16,17). The van der Waals surface area contributed by atoms with Gasteiger partial charge >= 0.3 is 5.97 Å². The first-order valence-electron chi connectivity index (χ1n) is 6.69. The van der Waals surface area contributed by atoms with Gasteiger partial charge in [-0.25, -0.2) is 8.42 Å². The number of hydrogen-bond acceptors (Lipinski definition) is 3. The number of carboxylic acids is 1. The number of sulfone groups is 1. The average Bonchev–Trinajstić information content (AvgIpc) is 2.91. The monoisotopic (exact) mass is 296 g/mol. The van der Waals surface area contributed by atoms with E-state index in [9.17, 15) is 13.2 Å². The fourth-order valence-electron chi connectivity index (χ4n) is 2.79. The fraction of sp³-hybridized carbons (Fsp3) is 0.533. The van der Waals surface area contributed by atoms with Crippen molar-refractivity contribution in [1.82, 2.24) is 0 Å². The lowest BCUT2D eigenvalue weighted by atomic mass is 10.1. The summed E-state index contributed by atoms with van der Waals surface area (Å²) in [6.07, 6.45) is 1.36.